The molecule has 0 bridgehead atoms. The smallest absolute Gasteiger partial charge is 0.507 e. The second kappa shape index (κ2) is 6.37. The first kappa shape index (κ1) is 17.3. The van der Waals surface area contributed by atoms with Gasteiger partial charge in [0.15, 0.2) is 0 Å². The van der Waals surface area contributed by atoms with E-state index in [4.69, 9.17) is 9.84 Å². The minimum atomic E-state index is -1.37. The fraction of sp³-hybridized carbons (Fsp3) is 0.588. The Hall–Kier alpha value is -1.71. The summed E-state index contributed by atoms with van der Waals surface area (Å²) in [6.45, 7) is 12.1. The van der Waals surface area contributed by atoms with Crippen LogP contribution in [-0.4, -0.2) is 16.4 Å². The molecule has 0 unspecified atom stereocenters. The topological polar surface area (TPSA) is 66.8 Å². The first-order chi connectivity index (χ1) is 9.54. The standard InChI is InChI=1S/C17H26O4/c1-10(2)7-8-12-13(17(4,5)6)9-14(21-16(19)20)11(3)15(12)18/h9-10,18H,7-8H2,1-6H3,(H,19,20). The summed E-state index contributed by atoms with van der Waals surface area (Å²) in [6.07, 6.45) is 0.367. The van der Waals surface area contributed by atoms with Crippen LogP contribution in [0.4, 0.5) is 4.79 Å². The van der Waals surface area contributed by atoms with Crippen molar-refractivity contribution in [3.05, 3.63) is 22.8 Å². The maximum atomic E-state index is 10.8. The summed E-state index contributed by atoms with van der Waals surface area (Å²) >= 11 is 0. The van der Waals surface area contributed by atoms with Crippen LogP contribution in [0.1, 0.15) is 57.7 Å². The second-order valence-electron chi connectivity index (χ2n) is 6.92. The van der Waals surface area contributed by atoms with E-state index in [1.165, 1.54) is 0 Å². The highest BCUT2D eigenvalue weighted by Crippen LogP contribution is 2.40. The van der Waals surface area contributed by atoms with Crippen LogP contribution < -0.4 is 4.74 Å². The lowest BCUT2D eigenvalue weighted by atomic mass is 9.80. The van der Waals surface area contributed by atoms with Crippen LogP contribution in [0.5, 0.6) is 11.5 Å². The third-order valence-electron chi connectivity index (χ3n) is 3.59. The molecule has 1 rings (SSSR count). The molecule has 118 valence electrons. The minimum Gasteiger partial charge on any atom is -0.507 e. The molecule has 0 heterocycles. The lowest BCUT2D eigenvalue weighted by Crippen LogP contribution is -2.16. The SMILES string of the molecule is Cc1c(OC(=O)O)cc(C(C)(C)C)c(CCC(C)C)c1O. The molecule has 0 saturated carbocycles. The van der Waals surface area contributed by atoms with Gasteiger partial charge in [-0.3, -0.25) is 0 Å². The van der Waals surface area contributed by atoms with Crippen molar-refractivity contribution in [2.45, 2.75) is 59.8 Å². The van der Waals surface area contributed by atoms with Gasteiger partial charge in [-0.15, -0.1) is 0 Å². The van der Waals surface area contributed by atoms with E-state index in [1.807, 2.05) is 20.8 Å². The van der Waals surface area contributed by atoms with E-state index in [0.717, 1.165) is 24.0 Å². The number of ether oxygens (including phenoxy) is 1. The molecule has 0 amide bonds. The number of phenols is 1. The normalized spacial score (nSPS) is 11.8. The summed E-state index contributed by atoms with van der Waals surface area (Å²) in [5.41, 5.74) is 2.10. The van der Waals surface area contributed by atoms with Crippen molar-refractivity contribution in [2.24, 2.45) is 5.92 Å². The number of carbonyl (C=O) groups is 1. The van der Waals surface area contributed by atoms with Crippen molar-refractivity contribution in [2.75, 3.05) is 0 Å². The molecule has 21 heavy (non-hydrogen) atoms. The predicted octanol–water partition coefficient (Wildman–Crippen LogP) is 4.64. The molecule has 1 aromatic carbocycles. The average molecular weight is 294 g/mol. The average Bonchev–Trinajstić information content (AvgIpc) is 2.31. The van der Waals surface area contributed by atoms with E-state index >= 15 is 0 Å². The van der Waals surface area contributed by atoms with Crippen LogP contribution in [0.3, 0.4) is 0 Å². The van der Waals surface area contributed by atoms with Gasteiger partial charge in [0.05, 0.1) is 0 Å². The summed E-state index contributed by atoms with van der Waals surface area (Å²) in [6, 6.07) is 1.75. The molecule has 0 radical (unpaired) electrons. The van der Waals surface area contributed by atoms with Crippen LogP contribution in [0.15, 0.2) is 6.07 Å². The molecule has 0 saturated heterocycles. The molecule has 0 fully saturated rings. The van der Waals surface area contributed by atoms with E-state index in [-0.39, 0.29) is 16.9 Å². The Labute approximate surface area is 126 Å². The Morgan fingerprint density at radius 1 is 1.33 bits per heavy atom. The number of hydrogen-bond acceptors (Lipinski definition) is 3. The van der Waals surface area contributed by atoms with E-state index in [1.54, 1.807) is 13.0 Å². The Kier molecular flexibility index (Phi) is 5.26. The van der Waals surface area contributed by atoms with E-state index < -0.39 is 6.16 Å². The number of phenolic OH excluding ortho intramolecular Hbond substituents is 1. The van der Waals surface area contributed by atoms with Gasteiger partial charge in [0.2, 0.25) is 0 Å². The van der Waals surface area contributed by atoms with Gasteiger partial charge in [-0.2, -0.15) is 0 Å². The summed E-state index contributed by atoms with van der Waals surface area (Å²) < 4.78 is 4.80. The van der Waals surface area contributed by atoms with Crippen molar-refractivity contribution < 1.29 is 19.7 Å². The molecule has 0 aliphatic rings. The number of rotatable bonds is 4. The minimum absolute atomic E-state index is 0.152. The highest BCUT2D eigenvalue weighted by Gasteiger charge is 2.24. The molecular weight excluding hydrogens is 268 g/mol. The van der Waals surface area contributed by atoms with Gasteiger partial charge in [0, 0.05) is 5.56 Å². The Morgan fingerprint density at radius 3 is 2.33 bits per heavy atom. The molecule has 0 spiro atoms. The first-order valence-electron chi connectivity index (χ1n) is 7.30. The fourth-order valence-electron chi connectivity index (χ4n) is 2.35. The quantitative estimate of drug-likeness (QED) is 0.627. The van der Waals surface area contributed by atoms with Crippen molar-refractivity contribution in [3.63, 3.8) is 0 Å². The Morgan fingerprint density at radius 2 is 1.90 bits per heavy atom. The van der Waals surface area contributed by atoms with Gasteiger partial charge >= 0.3 is 6.16 Å². The molecule has 4 heteroatoms. The van der Waals surface area contributed by atoms with Gasteiger partial charge in [0.25, 0.3) is 0 Å². The largest absolute Gasteiger partial charge is 0.511 e. The van der Waals surface area contributed by atoms with Crippen LogP contribution in [0.2, 0.25) is 0 Å². The van der Waals surface area contributed by atoms with Crippen LogP contribution in [0, 0.1) is 12.8 Å². The Balaban J connectivity index is 3.40. The molecule has 0 aliphatic carbocycles. The van der Waals surface area contributed by atoms with Crippen LogP contribution in [0.25, 0.3) is 0 Å². The van der Waals surface area contributed by atoms with E-state index in [0.29, 0.717) is 11.5 Å². The van der Waals surface area contributed by atoms with Gasteiger partial charge < -0.3 is 14.9 Å². The molecular formula is C17H26O4. The Bertz CT molecular complexity index is 525. The fourth-order valence-corrected chi connectivity index (χ4v) is 2.35. The number of carboxylic acid groups (broad SMARTS) is 1. The summed E-state index contributed by atoms with van der Waals surface area (Å²) in [5, 5.41) is 19.3. The maximum Gasteiger partial charge on any atom is 0.511 e. The molecule has 0 aromatic heterocycles. The van der Waals surface area contributed by atoms with Crippen molar-refractivity contribution in [1.29, 1.82) is 0 Å². The molecule has 0 atom stereocenters. The molecule has 0 aliphatic heterocycles. The van der Waals surface area contributed by atoms with Crippen molar-refractivity contribution in [3.8, 4) is 11.5 Å². The predicted molar refractivity (Wildman–Crippen MR) is 83.4 cm³/mol. The lowest BCUT2D eigenvalue weighted by Gasteiger charge is -2.26. The van der Waals surface area contributed by atoms with Crippen LogP contribution >= 0.6 is 0 Å². The summed E-state index contributed by atoms with van der Waals surface area (Å²) in [7, 11) is 0. The number of hydrogen-bond donors (Lipinski definition) is 2. The summed E-state index contributed by atoms with van der Waals surface area (Å²) in [5.74, 6) is 0.894. The van der Waals surface area contributed by atoms with Gasteiger partial charge in [-0.1, -0.05) is 34.6 Å². The maximum absolute atomic E-state index is 10.8. The van der Waals surface area contributed by atoms with Gasteiger partial charge in [0.1, 0.15) is 11.5 Å². The number of benzene rings is 1. The zero-order chi connectivity index (χ0) is 16.4. The zero-order valence-electron chi connectivity index (χ0n) is 13.8. The highest BCUT2D eigenvalue weighted by atomic mass is 16.7. The molecule has 1 aromatic rings. The third-order valence-corrected chi connectivity index (χ3v) is 3.59. The van der Waals surface area contributed by atoms with E-state index in [2.05, 4.69) is 13.8 Å². The highest BCUT2D eigenvalue weighted by molar-refractivity contribution is 5.65. The summed E-state index contributed by atoms with van der Waals surface area (Å²) in [4.78, 5) is 10.8. The first-order valence-corrected chi connectivity index (χ1v) is 7.30. The van der Waals surface area contributed by atoms with Crippen LogP contribution in [-0.2, 0) is 11.8 Å². The van der Waals surface area contributed by atoms with Gasteiger partial charge in [-0.05, 0) is 48.3 Å². The monoisotopic (exact) mass is 294 g/mol. The van der Waals surface area contributed by atoms with Crippen molar-refractivity contribution >= 4 is 6.16 Å². The number of aromatic hydroxyl groups is 1. The lowest BCUT2D eigenvalue weighted by molar-refractivity contribution is 0.144. The van der Waals surface area contributed by atoms with Crippen molar-refractivity contribution in [1.82, 2.24) is 0 Å². The molecule has 4 nitrogen and oxygen atoms in total. The molecule has 2 N–H and O–H groups in total. The van der Waals surface area contributed by atoms with Gasteiger partial charge in [-0.25, -0.2) is 4.79 Å². The van der Waals surface area contributed by atoms with E-state index in [9.17, 15) is 9.90 Å². The third kappa shape index (κ3) is 4.38. The zero-order valence-corrected chi connectivity index (χ0v) is 13.8. The second-order valence-corrected chi connectivity index (χ2v) is 6.92.